The Morgan fingerprint density at radius 3 is 2.63 bits per heavy atom. The van der Waals surface area contributed by atoms with E-state index in [0.29, 0.717) is 23.9 Å². The molecule has 0 atom stereocenters. The predicted octanol–water partition coefficient (Wildman–Crippen LogP) is 3.87. The van der Waals surface area contributed by atoms with Crippen molar-refractivity contribution in [2.75, 3.05) is 23.9 Å². The molecule has 0 saturated heterocycles. The van der Waals surface area contributed by atoms with Crippen molar-refractivity contribution in [2.45, 2.75) is 13.8 Å². The molecule has 7 heteroatoms. The summed E-state index contributed by atoms with van der Waals surface area (Å²) in [5, 5.41) is 11.4. The minimum Gasteiger partial charge on any atom is -0.465 e. The lowest BCUT2D eigenvalue weighted by Crippen LogP contribution is -2.19. The topological polar surface area (TPSA) is 80.2 Å². The number of hydrogen-bond acceptors (Lipinski definition) is 7. The molecule has 0 amide bonds. The number of carbonyl (C=O) groups is 1. The largest absolute Gasteiger partial charge is 0.465 e. The van der Waals surface area contributed by atoms with E-state index in [1.54, 1.807) is 30.5 Å². The Labute approximate surface area is 158 Å². The van der Waals surface area contributed by atoms with E-state index in [4.69, 9.17) is 4.74 Å². The van der Waals surface area contributed by atoms with Crippen LogP contribution in [0.2, 0.25) is 0 Å². The van der Waals surface area contributed by atoms with Crippen LogP contribution in [0.15, 0.2) is 54.7 Å². The Bertz CT molecular complexity index is 928. The average Bonchev–Trinajstić information content (AvgIpc) is 2.69. The Morgan fingerprint density at radius 1 is 1.19 bits per heavy atom. The third kappa shape index (κ3) is 4.38. The van der Waals surface area contributed by atoms with Crippen LogP contribution in [0.4, 0.5) is 23.1 Å². The van der Waals surface area contributed by atoms with Crippen molar-refractivity contribution < 1.29 is 9.53 Å². The molecule has 1 aromatic heterocycles. The molecular formula is C20H21N5O2. The Kier molecular flexibility index (Phi) is 5.61. The Morgan fingerprint density at radius 2 is 1.96 bits per heavy atom. The third-order valence-corrected chi connectivity index (χ3v) is 4.00. The van der Waals surface area contributed by atoms with Crippen LogP contribution >= 0.6 is 0 Å². The van der Waals surface area contributed by atoms with Crippen LogP contribution in [0.1, 0.15) is 22.8 Å². The van der Waals surface area contributed by atoms with Crippen LogP contribution in [-0.2, 0) is 4.74 Å². The maximum absolute atomic E-state index is 11.5. The molecule has 0 radical (unpaired) electrons. The highest BCUT2D eigenvalue weighted by Gasteiger charge is 2.12. The Hall–Kier alpha value is -3.48. The molecule has 0 unspecified atom stereocenters. The zero-order chi connectivity index (χ0) is 19.2. The zero-order valence-corrected chi connectivity index (χ0v) is 15.5. The number of anilines is 4. The second kappa shape index (κ2) is 8.27. The van der Waals surface area contributed by atoms with Gasteiger partial charge in [0.2, 0.25) is 0 Å². The standard InChI is InChI=1S/C20H21N5O2/c1-4-25(17-7-5-6-14(2)12-17)20-23-18(13-21-24-20)22-16-10-8-15(9-11-16)19(26)27-3/h5-13H,4H2,1-3H3,(H,22,23,24). The normalized spacial score (nSPS) is 10.3. The smallest absolute Gasteiger partial charge is 0.337 e. The summed E-state index contributed by atoms with van der Waals surface area (Å²) >= 11 is 0. The highest BCUT2D eigenvalue weighted by Crippen LogP contribution is 2.24. The molecule has 0 aliphatic carbocycles. The fourth-order valence-electron chi connectivity index (χ4n) is 2.66. The summed E-state index contributed by atoms with van der Waals surface area (Å²) in [6, 6.07) is 15.1. The van der Waals surface area contributed by atoms with E-state index < -0.39 is 0 Å². The second-order valence-corrected chi connectivity index (χ2v) is 5.92. The van der Waals surface area contributed by atoms with E-state index in [0.717, 1.165) is 11.4 Å². The maximum Gasteiger partial charge on any atom is 0.337 e. The summed E-state index contributed by atoms with van der Waals surface area (Å²) in [5.41, 5.74) is 3.45. The van der Waals surface area contributed by atoms with Gasteiger partial charge in [0.25, 0.3) is 5.95 Å². The van der Waals surface area contributed by atoms with Crippen molar-refractivity contribution in [3.63, 3.8) is 0 Å². The number of aromatic nitrogens is 3. The number of rotatable bonds is 6. The third-order valence-electron chi connectivity index (χ3n) is 4.00. The second-order valence-electron chi connectivity index (χ2n) is 5.92. The van der Waals surface area contributed by atoms with Gasteiger partial charge >= 0.3 is 5.97 Å². The lowest BCUT2D eigenvalue weighted by Gasteiger charge is -2.21. The molecule has 2 aromatic carbocycles. The monoisotopic (exact) mass is 363 g/mol. The van der Waals surface area contributed by atoms with E-state index in [9.17, 15) is 4.79 Å². The van der Waals surface area contributed by atoms with Gasteiger partial charge in [-0.15, -0.1) is 5.10 Å². The number of benzene rings is 2. The summed E-state index contributed by atoms with van der Waals surface area (Å²) in [7, 11) is 1.36. The lowest BCUT2D eigenvalue weighted by molar-refractivity contribution is 0.0601. The number of nitrogens with one attached hydrogen (secondary N) is 1. The fourth-order valence-corrected chi connectivity index (χ4v) is 2.66. The molecule has 7 nitrogen and oxygen atoms in total. The fraction of sp³-hybridized carbons (Fsp3) is 0.200. The van der Waals surface area contributed by atoms with Crippen LogP contribution in [0.5, 0.6) is 0 Å². The van der Waals surface area contributed by atoms with Gasteiger partial charge in [-0.3, -0.25) is 0 Å². The molecule has 0 aliphatic rings. The van der Waals surface area contributed by atoms with Crippen molar-refractivity contribution in [3.8, 4) is 0 Å². The van der Waals surface area contributed by atoms with E-state index in [-0.39, 0.29) is 5.97 Å². The van der Waals surface area contributed by atoms with Crippen molar-refractivity contribution in [1.29, 1.82) is 0 Å². The number of esters is 1. The molecule has 0 saturated carbocycles. The van der Waals surface area contributed by atoms with E-state index in [1.165, 1.54) is 12.7 Å². The molecule has 0 spiro atoms. The average molecular weight is 363 g/mol. The van der Waals surface area contributed by atoms with Crippen LogP contribution in [0.25, 0.3) is 0 Å². The van der Waals surface area contributed by atoms with Crippen molar-refractivity contribution in [2.24, 2.45) is 0 Å². The molecular weight excluding hydrogens is 342 g/mol. The number of hydrogen-bond donors (Lipinski definition) is 1. The van der Waals surface area contributed by atoms with Gasteiger partial charge in [-0.2, -0.15) is 10.1 Å². The molecule has 27 heavy (non-hydrogen) atoms. The first-order chi connectivity index (χ1) is 13.1. The van der Waals surface area contributed by atoms with Gasteiger partial charge < -0.3 is 15.0 Å². The summed E-state index contributed by atoms with van der Waals surface area (Å²) < 4.78 is 4.70. The van der Waals surface area contributed by atoms with Crippen molar-refractivity contribution in [1.82, 2.24) is 15.2 Å². The summed E-state index contributed by atoms with van der Waals surface area (Å²) in [5.74, 6) is 0.709. The highest BCUT2D eigenvalue weighted by atomic mass is 16.5. The zero-order valence-electron chi connectivity index (χ0n) is 15.5. The number of methoxy groups -OCH3 is 1. The highest BCUT2D eigenvalue weighted by molar-refractivity contribution is 5.89. The molecule has 3 rings (SSSR count). The first-order valence-corrected chi connectivity index (χ1v) is 8.60. The Balaban J connectivity index is 1.81. The number of carbonyl (C=O) groups excluding carboxylic acids is 1. The quantitative estimate of drug-likeness (QED) is 0.666. The molecule has 1 N–H and O–H groups in total. The molecule has 0 bridgehead atoms. The summed E-state index contributed by atoms with van der Waals surface area (Å²) in [6.07, 6.45) is 1.56. The van der Waals surface area contributed by atoms with Gasteiger partial charge in [-0.05, 0) is 55.8 Å². The first kappa shape index (κ1) is 18.3. The van der Waals surface area contributed by atoms with Crippen LogP contribution in [0, 0.1) is 6.92 Å². The molecule has 0 fully saturated rings. The van der Waals surface area contributed by atoms with Gasteiger partial charge in [0, 0.05) is 17.9 Å². The number of nitrogens with zero attached hydrogens (tertiary/aromatic N) is 4. The molecule has 3 aromatic rings. The van der Waals surface area contributed by atoms with Crippen LogP contribution in [-0.4, -0.2) is 34.8 Å². The minimum atomic E-state index is -0.371. The maximum atomic E-state index is 11.5. The van der Waals surface area contributed by atoms with Crippen LogP contribution < -0.4 is 10.2 Å². The number of ether oxygens (including phenoxy) is 1. The van der Waals surface area contributed by atoms with E-state index in [1.807, 2.05) is 36.9 Å². The molecule has 0 aliphatic heterocycles. The minimum absolute atomic E-state index is 0.371. The predicted molar refractivity (Wildman–Crippen MR) is 105 cm³/mol. The number of aryl methyl sites for hydroxylation is 1. The van der Waals surface area contributed by atoms with Crippen molar-refractivity contribution in [3.05, 3.63) is 65.9 Å². The van der Waals surface area contributed by atoms with Gasteiger partial charge in [-0.1, -0.05) is 12.1 Å². The van der Waals surface area contributed by atoms with Crippen molar-refractivity contribution >= 4 is 29.1 Å². The lowest BCUT2D eigenvalue weighted by atomic mass is 10.2. The van der Waals surface area contributed by atoms with Gasteiger partial charge in [0.1, 0.15) is 0 Å². The van der Waals surface area contributed by atoms with Gasteiger partial charge in [-0.25, -0.2) is 4.79 Å². The molecule has 1 heterocycles. The molecule has 138 valence electrons. The van der Waals surface area contributed by atoms with Gasteiger partial charge in [0.05, 0.1) is 18.9 Å². The van der Waals surface area contributed by atoms with Gasteiger partial charge in [0.15, 0.2) is 5.82 Å². The van der Waals surface area contributed by atoms with E-state index >= 15 is 0 Å². The first-order valence-electron chi connectivity index (χ1n) is 8.60. The summed E-state index contributed by atoms with van der Waals surface area (Å²) in [4.78, 5) is 18.1. The SMILES string of the molecule is CCN(c1cccc(C)c1)c1nncc(Nc2ccc(C(=O)OC)cc2)n1. The summed E-state index contributed by atoms with van der Waals surface area (Å²) in [6.45, 7) is 4.80. The van der Waals surface area contributed by atoms with Crippen LogP contribution in [0.3, 0.4) is 0 Å². The van der Waals surface area contributed by atoms with E-state index in [2.05, 4.69) is 26.6 Å².